The van der Waals surface area contributed by atoms with E-state index < -0.39 is 5.82 Å². The van der Waals surface area contributed by atoms with Gasteiger partial charge in [0.25, 0.3) is 0 Å². The number of ether oxygens (including phenoxy) is 1. The third kappa shape index (κ3) is 2.20. The molecule has 2 atom stereocenters. The first-order chi connectivity index (χ1) is 7.70. The highest BCUT2D eigenvalue weighted by atomic mass is 19.1. The van der Waals surface area contributed by atoms with Gasteiger partial charge in [-0.2, -0.15) is 4.98 Å². The highest BCUT2D eigenvalue weighted by Crippen LogP contribution is 2.19. The summed E-state index contributed by atoms with van der Waals surface area (Å²) in [6.45, 7) is 2.61. The van der Waals surface area contributed by atoms with Gasteiger partial charge in [-0.1, -0.05) is 0 Å². The summed E-state index contributed by atoms with van der Waals surface area (Å²) < 4.78 is 18.8. The first kappa shape index (κ1) is 11.0. The number of hydrazine groups is 1. The normalized spacial score (nSPS) is 24.4. The number of halogens is 1. The molecule has 1 saturated heterocycles. The Labute approximate surface area is 92.4 Å². The number of aromatic nitrogens is 2. The van der Waals surface area contributed by atoms with E-state index in [1.807, 2.05) is 6.92 Å². The van der Waals surface area contributed by atoms with Gasteiger partial charge in [0.2, 0.25) is 5.95 Å². The molecular formula is C9H14FN5O. The fourth-order valence-corrected chi connectivity index (χ4v) is 1.63. The van der Waals surface area contributed by atoms with Crippen LogP contribution in [0.3, 0.4) is 0 Å². The minimum absolute atomic E-state index is 0.0450. The third-order valence-electron chi connectivity index (χ3n) is 2.57. The van der Waals surface area contributed by atoms with Gasteiger partial charge in [-0.05, 0) is 13.3 Å². The molecule has 0 aliphatic carbocycles. The second kappa shape index (κ2) is 4.58. The number of hydrogen-bond donors (Lipinski definition) is 3. The lowest BCUT2D eigenvalue weighted by Crippen LogP contribution is -2.28. The fraction of sp³-hybridized carbons (Fsp3) is 0.556. The van der Waals surface area contributed by atoms with Crippen LogP contribution in [0.1, 0.15) is 13.3 Å². The number of nitrogens with two attached hydrogens (primary N) is 1. The van der Waals surface area contributed by atoms with Crippen LogP contribution in [0.4, 0.5) is 16.2 Å². The van der Waals surface area contributed by atoms with Crippen molar-refractivity contribution in [3.8, 4) is 0 Å². The van der Waals surface area contributed by atoms with Gasteiger partial charge in [0, 0.05) is 6.61 Å². The fourth-order valence-electron chi connectivity index (χ4n) is 1.63. The Bertz CT molecular complexity index is 375. The highest BCUT2D eigenvalue weighted by molar-refractivity contribution is 5.41. The molecule has 1 aromatic heterocycles. The molecule has 1 fully saturated rings. The molecule has 1 aliphatic heterocycles. The van der Waals surface area contributed by atoms with Gasteiger partial charge in [0.15, 0.2) is 11.6 Å². The van der Waals surface area contributed by atoms with Crippen LogP contribution in [0.25, 0.3) is 0 Å². The zero-order chi connectivity index (χ0) is 11.5. The Morgan fingerprint density at radius 1 is 1.62 bits per heavy atom. The average molecular weight is 227 g/mol. The van der Waals surface area contributed by atoms with Crippen LogP contribution >= 0.6 is 0 Å². The van der Waals surface area contributed by atoms with Gasteiger partial charge >= 0.3 is 0 Å². The molecule has 6 nitrogen and oxygen atoms in total. The Kier molecular flexibility index (Phi) is 3.16. The number of rotatable bonds is 3. The summed E-state index contributed by atoms with van der Waals surface area (Å²) in [6.07, 6.45) is 1.95. The first-order valence-corrected chi connectivity index (χ1v) is 5.08. The van der Waals surface area contributed by atoms with Crippen molar-refractivity contribution < 1.29 is 9.13 Å². The smallest absolute Gasteiger partial charge is 0.239 e. The lowest BCUT2D eigenvalue weighted by molar-refractivity contribution is 0.121. The lowest BCUT2D eigenvalue weighted by atomic mass is 10.1. The zero-order valence-corrected chi connectivity index (χ0v) is 8.90. The molecule has 7 heteroatoms. The lowest BCUT2D eigenvalue weighted by Gasteiger charge is -2.17. The molecule has 0 saturated carbocycles. The molecule has 1 aliphatic rings. The van der Waals surface area contributed by atoms with Crippen LogP contribution in [-0.2, 0) is 4.74 Å². The molecule has 0 amide bonds. The van der Waals surface area contributed by atoms with Crippen molar-refractivity contribution in [1.82, 2.24) is 9.97 Å². The molecule has 1 aromatic rings. The van der Waals surface area contributed by atoms with E-state index in [1.54, 1.807) is 0 Å². The van der Waals surface area contributed by atoms with Gasteiger partial charge in [0.05, 0.1) is 18.3 Å². The van der Waals surface area contributed by atoms with E-state index in [1.165, 1.54) is 0 Å². The predicted octanol–water partition coefficient (Wildman–Crippen LogP) is 0.491. The van der Waals surface area contributed by atoms with Crippen molar-refractivity contribution in [2.24, 2.45) is 5.84 Å². The van der Waals surface area contributed by atoms with Gasteiger partial charge in [-0.3, -0.25) is 5.43 Å². The maximum Gasteiger partial charge on any atom is 0.239 e. The van der Waals surface area contributed by atoms with Gasteiger partial charge in [-0.15, -0.1) is 0 Å². The monoisotopic (exact) mass is 227 g/mol. The maximum atomic E-state index is 13.4. The summed E-state index contributed by atoms with van der Waals surface area (Å²) in [5.41, 5.74) is 2.27. The molecule has 2 heterocycles. The van der Waals surface area contributed by atoms with Crippen molar-refractivity contribution in [2.45, 2.75) is 25.5 Å². The minimum Gasteiger partial charge on any atom is -0.376 e. The second-order valence-electron chi connectivity index (χ2n) is 3.65. The van der Waals surface area contributed by atoms with Crippen LogP contribution in [0, 0.1) is 5.82 Å². The van der Waals surface area contributed by atoms with Crippen molar-refractivity contribution in [3.05, 3.63) is 12.0 Å². The van der Waals surface area contributed by atoms with E-state index >= 15 is 0 Å². The molecule has 4 N–H and O–H groups in total. The number of nitrogens with zero attached hydrogens (tertiary/aromatic N) is 2. The molecule has 88 valence electrons. The number of hydrogen-bond acceptors (Lipinski definition) is 6. The number of nitrogens with one attached hydrogen (secondary N) is 2. The van der Waals surface area contributed by atoms with E-state index in [0.717, 1.165) is 12.6 Å². The van der Waals surface area contributed by atoms with E-state index in [0.29, 0.717) is 6.61 Å². The van der Waals surface area contributed by atoms with Crippen molar-refractivity contribution in [3.63, 3.8) is 0 Å². The Hall–Kier alpha value is -1.47. The standard InChI is InChI=1S/C9H14FN5O/c1-5-7(2-3-16-5)13-8-6(10)4-12-9(14-8)15-11/h4-5,7H,2-3,11H2,1H3,(H2,12,13,14,15). The summed E-state index contributed by atoms with van der Waals surface area (Å²) in [5.74, 6) is 4.97. The van der Waals surface area contributed by atoms with Crippen LogP contribution in [-0.4, -0.2) is 28.7 Å². The van der Waals surface area contributed by atoms with Gasteiger partial charge < -0.3 is 10.1 Å². The SMILES string of the molecule is CC1OCCC1Nc1nc(NN)ncc1F. The topological polar surface area (TPSA) is 85.1 Å². The summed E-state index contributed by atoms with van der Waals surface area (Å²) in [6, 6.07) is 0.0648. The Balaban J connectivity index is 2.13. The maximum absolute atomic E-state index is 13.4. The van der Waals surface area contributed by atoms with Crippen LogP contribution < -0.4 is 16.6 Å². The second-order valence-corrected chi connectivity index (χ2v) is 3.65. The summed E-state index contributed by atoms with van der Waals surface area (Å²) >= 11 is 0. The number of nitrogen functional groups attached to an aromatic ring is 1. The molecule has 2 unspecified atom stereocenters. The zero-order valence-electron chi connectivity index (χ0n) is 8.90. The van der Waals surface area contributed by atoms with Crippen molar-refractivity contribution >= 4 is 11.8 Å². The van der Waals surface area contributed by atoms with Crippen molar-refractivity contribution in [2.75, 3.05) is 17.3 Å². The Morgan fingerprint density at radius 3 is 3.06 bits per heavy atom. The van der Waals surface area contributed by atoms with Crippen LogP contribution in [0.5, 0.6) is 0 Å². The Morgan fingerprint density at radius 2 is 2.44 bits per heavy atom. The summed E-state index contributed by atoms with van der Waals surface area (Å²) in [5, 5.41) is 2.99. The molecular weight excluding hydrogens is 213 g/mol. The summed E-state index contributed by atoms with van der Waals surface area (Å²) in [7, 11) is 0. The largest absolute Gasteiger partial charge is 0.376 e. The molecule has 0 spiro atoms. The minimum atomic E-state index is -0.502. The molecule has 16 heavy (non-hydrogen) atoms. The molecule has 0 radical (unpaired) electrons. The molecule has 0 aromatic carbocycles. The molecule has 2 rings (SSSR count). The predicted molar refractivity (Wildman–Crippen MR) is 57.2 cm³/mol. The van der Waals surface area contributed by atoms with Crippen LogP contribution in [0.15, 0.2) is 6.20 Å². The van der Waals surface area contributed by atoms with E-state index in [9.17, 15) is 4.39 Å². The van der Waals surface area contributed by atoms with E-state index in [-0.39, 0.29) is 23.9 Å². The van der Waals surface area contributed by atoms with Gasteiger partial charge in [-0.25, -0.2) is 15.2 Å². The van der Waals surface area contributed by atoms with Crippen molar-refractivity contribution in [1.29, 1.82) is 0 Å². The van der Waals surface area contributed by atoms with Crippen LogP contribution in [0.2, 0.25) is 0 Å². The van der Waals surface area contributed by atoms with E-state index in [4.69, 9.17) is 10.6 Å². The number of anilines is 2. The van der Waals surface area contributed by atoms with E-state index in [2.05, 4.69) is 20.7 Å². The quantitative estimate of drug-likeness (QED) is 0.515. The van der Waals surface area contributed by atoms with Gasteiger partial charge in [0.1, 0.15) is 0 Å². The third-order valence-corrected chi connectivity index (χ3v) is 2.57. The first-order valence-electron chi connectivity index (χ1n) is 5.08. The summed E-state index contributed by atoms with van der Waals surface area (Å²) in [4.78, 5) is 7.56. The average Bonchev–Trinajstić information content (AvgIpc) is 2.68. The highest BCUT2D eigenvalue weighted by Gasteiger charge is 2.25. The molecule has 0 bridgehead atoms.